The highest BCUT2D eigenvalue weighted by Crippen LogP contribution is 2.20. The van der Waals surface area contributed by atoms with Crippen LogP contribution in [-0.2, 0) is 14.6 Å². The van der Waals surface area contributed by atoms with Gasteiger partial charge in [-0.05, 0) is 47.8 Å². The molecule has 9 nitrogen and oxygen atoms in total. The zero-order valence-electron chi connectivity index (χ0n) is 17.7. The minimum absolute atomic E-state index is 0.0651. The predicted octanol–water partition coefficient (Wildman–Crippen LogP) is 1.99. The summed E-state index contributed by atoms with van der Waals surface area (Å²) in [5.41, 5.74) is 0. The van der Waals surface area contributed by atoms with E-state index in [-0.39, 0.29) is 47.6 Å². The number of halogens is 1. The molecule has 0 aliphatic carbocycles. The zero-order chi connectivity index (χ0) is 24.3. The van der Waals surface area contributed by atoms with Crippen molar-refractivity contribution in [2.75, 3.05) is 26.2 Å². The van der Waals surface area contributed by atoms with Gasteiger partial charge in [0, 0.05) is 26.2 Å². The van der Waals surface area contributed by atoms with Crippen molar-refractivity contribution < 1.29 is 31.6 Å². The van der Waals surface area contributed by atoms with Gasteiger partial charge < -0.3 is 19.5 Å². The number of nitrogens with one attached hydrogen (secondary N) is 1. The molecule has 1 aromatic carbocycles. The lowest BCUT2D eigenvalue weighted by atomic mass is 10.2. The first-order valence-electron chi connectivity index (χ1n) is 10.2. The summed E-state index contributed by atoms with van der Waals surface area (Å²) in [6.45, 7) is 0.451. The van der Waals surface area contributed by atoms with Crippen LogP contribution in [0.15, 0.2) is 69.5 Å². The van der Waals surface area contributed by atoms with E-state index in [2.05, 4.69) is 5.32 Å². The van der Waals surface area contributed by atoms with Gasteiger partial charge in [-0.15, -0.1) is 11.3 Å². The monoisotopic (exact) mass is 505 g/mol. The fourth-order valence-electron chi connectivity index (χ4n) is 3.48. The van der Waals surface area contributed by atoms with Gasteiger partial charge in [-0.2, -0.15) is 0 Å². The normalized spacial score (nSPS) is 15.1. The van der Waals surface area contributed by atoms with E-state index >= 15 is 0 Å². The summed E-state index contributed by atoms with van der Waals surface area (Å²) in [5.74, 6) is -2.36. The van der Waals surface area contributed by atoms with E-state index in [1.165, 1.54) is 28.2 Å². The van der Waals surface area contributed by atoms with Crippen molar-refractivity contribution in [1.82, 2.24) is 15.1 Å². The van der Waals surface area contributed by atoms with E-state index in [1.54, 1.807) is 17.5 Å². The molecule has 1 aliphatic rings. The third kappa shape index (κ3) is 4.87. The highest BCUT2D eigenvalue weighted by molar-refractivity contribution is 7.92. The first-order valence-corrected chi connectivity index (χ1v) is 12.7. The maximum atomic E-state index is 13.3. The van der Waals surface area contributed by atoms with Crippen molar-refractivity contribution in [3.8, 4) is 0 Å². The molecule has 1 saturated heterocycles. The van der Waals surface area contributed by atoms with Crippen LogP contribution < -0.4 is 5.32 Å². The fraction of sp³-hybridized carbons (Fsp3) is 0.227. The van der Waals surface area contributed by atoms with Crippen LogP contribution >= 0.6 is 11.3 Å². The van der Waals surface area contributed by atoms with Crippen LogP contribution in [0.4, 0.5) is 4.39 Å². The van der Waals surface area contributed by atoms with Crippen molar-refractivity contribution in [3.05, 3.63) is 76.6 Å². The molecule has 1 N–H and O–H groups in total. The van der Waals surface area contributed by atoms with Gasteiger partial charge in [0.25, 0.3) is 17.7 Å². The Morgan fingerprint density at radius 2 is 1.65 bits per heavy atom. The summed E-state index contributed by atoms with van der Waals surface area (Å²) in [6.07, 6.45) is 1.38. The largest absolute Gasteiger partial charge is 0.459 e. The number of benzene rings is 1. The molecule has 34 heavy (non-hydrogen) atoms. The number of sulfone groups is 1. The van der Waals surface area contributed by atoms with E-state index < -0.39 is 32.8 Å². The maximum absolute atomic E-state index is 13.3. The van der Waals surface area contributed by atoms with Gasteiger partial charge in [0.2, 0.25) is 15.2 Å². The van der Waals surface area contributed by atoms with E-state index in [0.717, 1.165) is 35.6 Å². The highest BCUT2D eigenvalue weighted by Gasteiger charge is 2.40. The van der Waals surface area contributed by atoms with Gasteiger partial charge in [0.05, 0.1) is 16.0 Å². The molecule has 1 aliphatic heterocycles. The van der Waals surface area contributed by atoms with Crippen molar-refractivity contribution in [2.45, 2.75) is 10.3 Å². The van der Waals surface area contributed by atoms with Crippen molar-refractivity contribution in [1.29, 1.82) is 0 Å². The van der Waals surface area contributed by atoms with Gasteiger partial charge in [-0.25, -0.2) is 12.8 Å². The Hall–Kier alpha value is -3.51. The highest BCUT2D eigenvalue weighted by atomic mass is 32.2. The molecule has 3 aromatic rings. The van der Waals surface area contributed by atoms with Crippen LogP contribution in [0.2, 0.25) is 0 Å². The number of hydrogen-bond acceptors (Lipinski definition) is 7. The average Bonchev–Trinajstić information content (AvgIpc) is 3.57. The molecular weight excluding hydrogens is 485 g/mol. The number of furan rings is 1. The Morgan fingerprint density at radius 1 is 0.971 bits per heavy atom. The quantitative estimate of drug-likeness (QED) is 0.512. The smallest absolute Gasteiger partial charge is 0.289 e. The van der Waals surface area contributed by atoms with Gasteiger partial charge in [-0.3, -0.25) is 14.4 Å². The molecule has 1 atom stereocenters. The SMILES string of the molecule is O=C(N[C@H](C(=O)N1CCN(C(=O)c2ccco2)CC1)S(=O)(=O)c1ccc(F)cc1)c1cccs1. The lowest BCUT2D eigenvalue weighted by Crippen LogP contribution is -2.57. The number of carbonyl (C=O) groups is 3. The molecule has 2 aromatic heterocycles. The molecular formula is C22H20FN3O6S2. The third-order valence-electron chi connectivity index (χ3n) is 5.29. The number of piperazine rings is 1. The van der Waals surface area contributed by atoms with E-state index in [0.29, 0.717) is 0 Å². The Labute approximate surface area is 198 Å². The van der Waals surface area contributed by atoms with E-state index in [4.69, 9.17) is 4.42 Å². The molecule has 3 heterocycles. The average molecular weight is 506 g/mol. The van der Waals surface area contributed by atoms with E-state index in [9.17, 15) is 27.2 Å². The lowest BCUT2D eigenvalue weighted by Gasteiger charge is -2.36. The Morgan fingerprint density at radius 3 is 2.24 bits per heavy atom. The first kappa shape index (κ1) is 23.6. The van der Waals surface area contributed by atoms with Crippen LogP contribution in [0.1, 0.15) is 20.2 Å². The number of nitrogens with zero attached hydrogens (tertiary/aromatic N) is 2. The molecule has 0 unspecified atom stereocenters. The number of thiophene rings is 1. The molecule has 1 fully saturated rings. The number of amides is 3. The predicted molar refractivity (Wildman–Crippen MR) is 120 cm³/mol. The summed E-state index contributed by atoms with van der Waals surface area (Å²) in [4.78, 5) is 41.2. The van der Waals surface area contributed by atoms with Gasteiger partial charge in [0.1, 0.15) is 5.82 Å². The number of hydrogen-bond donors (Lipinski definition) is 1. The topological polar surface area (TPSA) is 117 Å². The summed E-state index contributed by atoms with van der Waals surface area (Å²) in [5, 5.41) is 2.06. The van der Waals surface area contributed by atoms with Gasteiger partial charge in [-0.1, -0.05) is 6.07 Å². The second kappa shape index (κ2) is 9.77. The van der Waals surface area contributed by atoms with Crippen LogP contribution in [0.5, 0.6) is 0 Å². The maximum Gasteiger partial charge on any atom is 0.289 e. The second-order valence-corrected chi connectivity index (χ2v) is 10.4. The molecule has 0 bridgehead atoms. The Bertz CT molecular complexity index is 1270. The minimum atomic E-state index is -4.40. The molecule has 178 valence electrons. The van der Waals surface area contributed by atoms with Crippen LogP contribution in [0.3, 0.4) is 0 Å². The molecule has 12 heteroatoms. The van der Waals surface area contributed by atoms with Crippen LogP contribution in [0, 0.1) is 5.82 Å². The molecule has 0 radical (unpaired) electrons. The standard InChI is InChI=1S/C22H20FN3O6S2/c23-15-5-7-16(8-6-15)34(30,31)20(24-19(27)18-4-2-14-33-18)22(29)26-11-9-25(10-12-26)21(28)17-3-1-13-32-17/h1-8,13-14,20H,9-12H2,(H,24,27)/t20-/m0/s1. The zero-order valence-corrected chi connectivity index (χ0v) is 19.4. The summed E-state index contributed by atoms with van der Waals surface area (Å²) >= 11 is 1.10. The van der Waals surface area contributed by atoms with Crippen LogP contribution in [0.25, 0.3) is 0 Å². The third-order valence-corrected chi connectivity index (χ3v) is 8.03. The van der Waals surface area contributed by atoms with Gasteiger partial charge in [0.15, 0.2) is 5.76 Å². The molecule has 0 spiro atoms. The number of carbonyl (C=O) groups excluding carboxylic acids is 3. The second-order valence-electron chi connectivity index (χ2n) is 7.42. The summed E-state index contributed by atoms with van der Waals surface area (Å²) < 4.78 is 45.1. The Balaban J connectivity index is 1.55. The molecule has 4 rings (SSSR count). The minimum Gasteiger partial charge on any atom is -0.459 e. The van der Waals surface area contributed by atoms with Crippen LogP contribution in [-0.4, -0.2) is 67.5 Å². The molecule has 3 amide bonds. The molecule has 0 saturated carbocycles. The van der Waals surface area contributed by atoms with Crippen molar-refractivity contribution in [3.63, 3.8) is 0 Å². The number of rotatable bonds is 6. The van der Waals surface area contributed by atoms with E-state index in [1.807, 2.05) is 0 Å². The van der Waals surface area contributed by atoms with Crippen molar-refractivity contribution >= 4 is 38.9 Å². The lowest BCUT2D eigenvalue weighted by molar-refractivity contribution is -0.132. The van der Waals surface area contributed by atoms with Gasteiger partial charge >= 0.3 is 0 Å². The first-order chi connectivity index (χ1) is 16.3. The fourth-order valence-corrected chi connectivity index (χ4v) is 5.57. The Kier molecular flexibility index (Phi) is 6.80. The summed E-state index contributed by atoms with van der Waals surface area (Å²) in [7, 11) is -4.40. The summed E-state index contributed by atoms with van der Waals surface area (Å²) in [6, 6.07) is 10.3. The van der Waals surface area contributed by atoms with Crippen molar-refractivity contribution in [2.24, 2.45) is 0 Å².